The number of pyridine rings is 1. The molecule has 0 spiro atoms. The van der Waals surface area contributed by atoms with Gasteiger partial charge in [0.1, 0.15) is 5.75 Å². The second kappa shape index (κ2) is 9.74. The molecule has 35 heavy (non-hydrogen) atoms. The van der Waals surface area contributed by atoms with Crippen molar-refractivity contribution in [2.75, 3.05) is 20.2 Å². The minimum absolute atomic E-state index is 0.0546. The molecule has 0 bridgehead atoms. The molecule has 5 rings (SSSR count). The predicted molar refractivity (Wildman–Crippen MR) is 137 cm³/mol. The molecule has 1 saturated heterocycles. The zero-order valence-corrected chi connectivity index (χ0v) is 20.4. The summed E-state index contributed by atoms with van der Waals surface area (Å²) in [5.41, 5.74) is 6.48. The first-order chi connectivity index (χ1) is 17.0. The van der Waals surface area contributed by atoms with Crippen LogP contribution in [0.4, 0.5) is 0 Å². The predicted octanol–water partition coefficient (Wildman–Crippen LogP) is 5.58. The fraction of sp³-hybridized carbons (Fsp3) is 0.276. The molecular formula is C29H30N4O2. The molecule has 2 aromatic heterocycles. The monoisotopic (exact) mass is 466 g/mol. The van der Waals surface area contributed by atoms with E-state index in [1.807, 2.05) is 90.2 Å². The molecule has 0 unspecified atom stereocenters. The first-order valence-electron chi connectivity index (χ1n) is 12.1. The number of aryl methyl sites for hydroxylation is 2. The highest BCUT2D eigenvalue weighted by Gasteiger charge is 2.27. The number of likely N-dealkylation sites (tertiary alicyclic amines) is 1. The molecule has 3 heterocycles. The molecule has 0 radical (unpaired) electrons. The standard InChI is InChI=1S/C29H30N4O2/c1-20-17-21(2)33(31-20)24-11-6-9-22(18-24)29(34)32-16-8-10-23(19-32)26-13-7-14-27(30-26)25-12-4-5-15-28(25)35-3/h4-7,9,11-15,17-18,23H,8,10,16,19H2,1-3H3/t23-/m1/s1. The van der Waals surface area contributed by atoms with Gasteiger partial charge in [-0.1, -0.05) is 24.3 Å². The van der Waals surface area contributed by atoms with Gasteiger partial charge in [-0.05, 0) is 75.2 Å². The minimum Gasteiger partial charge on any atom is -0.496 e. The molecule has 0 N–H and O–H groups in total. The molecule has 6 heteroatoms. The van der Waals surface area contributed by atoms with Crippen molar-refractivity contribution in [1.82, 2.24) is 19.7 Å². The maximum absolute atomic E-state index is 13.5. The lowest BCUT2D eigenvalue weighted by Crippen LogP contribution is -2.39. The van der Waals surface area contributed by atoms with Gasteiger partial charge in [0.05, 0.1) is 24.2 Å². The van der Waals surface area contributed by atoms with Gasteiger partial charge in [0.15, 0.2) is 0 Å². The number of hydrogen-bond acceptors (Lipinski definition) is 4. The van der Waals surface area contributed by atoms with Gasteiger partial charge in [-0.15, -0.1) is 0 Å². The maximum Gasteiger partial charge on any atom is 0.253 e. The Labute approximate surface area is 206 Å². The minimum atomic E-state index is 0.0546. The number of ether oxygens (including phenoxy) is 1. The summed E-state index contributed by atoms with van der Waals surface area (Å²) >= 11 is 0. The summed E-state index contributed by atoms with van der Waals surface area (Å²) in [7, 11) is 1.68. The van der Waals surface area contributed by atoms with Gasteiger partial charge in [-0.3, -0.25) is 9.78 Å². The molecule has 1 aliphatic heterocycles. The number of rotatable bonds is 5. The number of carbonyl (C=O) groups excluding carboxylic acids is 1. The van der Waals surface area contributed by atoms with E-state index >= 15 is 0 Å². The van der Waals surface area contributed by atoms with Gasteiger partial charge in [0, 0.05) is 41.5 Å². The number of aromatic nitrogens is 3. The van der Waals surface area contributed by atoms with E-state index in [2.05, 4.69) is 11.2 Å². The Hall–Kier alpha value is -3.93. The smallest absolute Gasteiger partial charge is 0.253 e. The first-order valence-corrected chi connectivity index (χ1v) is 12.1. The molecule has 4 aromatic rings. The van der Waals surface area contributed by atoms with Crippen molar-refractivity contribution in [3.05, 3.63) is 95.4 Å². The lowest BCUT2D eigenvalue weighted by Gasteiger charge is -2.33. The maximum atomic E-state index is 13.5. The third kappa shape index (κ3) is 4.69. The Bertz CT molecular complexity index is 1360. The lowest BCUT2D eigenvalue weighted by molar-refractivity contribution is 0.0706. The normalized spacial score (nSPS) is 15.7. The molecule has 178 valence electrons. The highest BCUT2D eigenvalue weighted by Crippen LogP contribution is 2.32. The molecule has 1 fully saturated rings. The van der Waals surface area contributed by atoms with Gasteiger partial charge in [-0.25, -0.2) is 4.68 Å². The van der Waals surface area contributed by atoms with Gasteiger partial charge in [0.25, 0.3) is 5.91 Å². The molecule has 6 nitrogen and oxygen atoms in total. The van der Waals surface area contributed by atoms with Crippen molar-refractivity contribution < 1.29 is 9.53 Å². The van der Waals surface area contributed by atoms with Crippen LogP contribution in [0, 0.1) is 13.8 Å². The highest BCUT2D eigenvalue weighted by molar-refractivity contribution is 5.95. The van der Waals surface area contributed by atoms with Crippen LogP contribution in [0.3, 0.4) is 0 Å². The number of amides is 1. The number of hydrogen-bond donors (Lipinski definition) is 0. The van der Waals surface area contributed by atoms with Crippen LogP contribution in [-0.4, -0.2) is 45.8 Å². The van der Waals surface area contributed by atoms with Crippen molar-refractivity contribution in [2.24, 2.45) is 0 Å². The van der Waals surface area contributed by atoms with E-state index in [1.54, 1.807) is 7.11 Å². The van der Waals surface area contributed by atoms with E-state index in [-0.39, 0.29) is 11.8 Å². The van der Waals surface area contributed by atoms with Crippen LogP contribution in [-0.2, 0) is 0 Å². The zero-order chi connectivity index (χ0) is 24.4. The second-order valence-electron chi connectivity index (χ2n) is 9.13. The van der Waals surface area contributed by atoms with Gasteiger partial charge >= 0.3 is 0 Å². The fourth-order valence-corrected chi connectivity index (χ4v) is 4.93. The average Bonchev–Trinajstić information content (AvgIpc) is 3.26. The molecule has 1 atom stereocenters. The molecule has 0 saturated carbocycles. The lowest BCUT2D eigenvalue weighted by atomic mass is 9.93. The summed E-state index contributed by atoms with van der Waals surface area (Å²) in [6, 6.07) is 23.8. The van der Waals surface area contributed by atoms with E-state index in [1.165, 1.54) is 0 Å². The van der Waals surface area contributed by atoms with Crippen molar-refractivity contribution in [2.45, 2.75) is 32.6 Å². The third-order valence-electron chi connectivity index (χ3n) is 6.63. The average molecular weight is 467 g/mol. The van der Waals surface area contributed by atoms with E-state index in [0.717, 1.165) is 59.2 Å². The molecule has 2 aromatic carbocycles. The Morgan fingerprint density at radius 1 is 1.00 bits per heavy atom. The van der Waals surface area contributed by atoms with Crippen molar-refractivity contribution in [3.63, 3.8) is 0 Å². The number of methoxy groups -OCH3 is 1. The van der Waals surface area contributed by atoms with Crippen LogP contribution in [0.2, 0.25) is 0 Å². The third-order valence-corrected chi connectivity index (χ3v) is 6.63. The van der Waals surface area contributed by atoms with Crippen molar-refractivity contribution >= 4 is 5.91 Å². The van der Waals surface area contributed by atoms with E-state index < -0.39 is 0 Å². The SMILES string of the molecule is COc1ccccc1-c1cccc([C@@H]2CCCN(C(=O)c3cccc(-n4nc(C)cc4C)c3)C2)n1. The number of para-hydroxylation sites is 1. The van der Waals surface area contributed by atoms with E-state index in [0.29, 0.717) is 12.1 Å². The fourth-order valence-electron chi connectivity index (χ4n) is 4.93. The zero-order valence-electron chi connectivity index (χ0n) is 20.4. The van der Waals surface area contributed by atoms with Crippen LogP contribution >= 0.6 is 0 Å². The summed E-state index contributed by atoms with van der Waals surface area (Å²) in [4.78, 5) is 20.4. The van der Waals surface area contributed by atoms with Crippen molar-refractivity contribution in [1.29, 1.82) is 0 Å². The summed E-state index contributed by atoms with van der Waals surface area (Å²) in [6.07, 6.45) is 1.96. The molecule has 0 aliphatic carbocycles. The van der Waals surface area contributed by atoms with Gasteiger partial charge < -0.3 is 9.64 Å². The Kier molecular flexibility index (Phi) is 6.36. The quantitative estimate of drug-likeness (QED) is 0.385. The van der Waals surface area contributed by atoms with Gasteiger partial charge in [-0.2, -0.15) is 5.10 Å². The number of nitrogens with zero attached hydrogens (tertiary/aromatic N) is 4. The van der Waals surface area contributed by atoms with Crippen molar-refractivity contribution in [3.8, 4) is 22.7 Å². The summed E-state index contributed by atoms with van der Waals surface area (Å²) in [5, 5.41) is 4.57. The summed E-state index contributed by atoms with van der Waals surface area (Å²) in [6.45, 7) is 5.41. The number of carbonyl (C=O) groups is 1. The first kappa shape index (κ1) is 22.8. The van der Waals surface area contributed by atoms with Crippen LogP contribution in [0.15, 0.2) is 72.8 Å². The molecule has 1 aliphatic rings. The topological polar surface area (TPSA) is 60.2 Å². The Balaban J connectivity index is 1.37. The summed E-state index contributed by atoms with van der Waals surface area (Å²) < 4.78 is 7.42. The Morgan fingerprint density at radius 3 is 2.63 bits per heavy atom. The van der Waals surface area contributed by atoms with Gasteiger partial charge in [0.2, 0.25) is 0 Å². The van der Waals surface area contributed by atoms with E-state index in [9.17, 15) is 4.79 Å². The van der Waals surface area contributed by atoms with Crippen LogP contribution in [0.5, 0.6) is 5.75 Å². The molecule has 1 amide bonds. The van der Waals surface area contributed by atoms with Crippen LogP contribution in [0.25, 0.3) is 16.9 Å². The Morgan fingerprint density at radius 2 is 1.83 bits per heavy atom. The number of benzene rings is 2. The van der Waals surface area contributed by atoms with Crippen LogP contribution < -0.4 is 4.74 Å². The highest BCUT2D eigenvalue weighted by atomic mass is 16.5. The largest absolute Gasteiger partial charge is 0.496 e. The molecular weight excluding hydrogens is 436 g/mol. The van der Waals surface area contributed by atoms with E-state index in [4.69, 9.17) is 9.72 Å². The summed E-state index contributed by atoms with van der Waals surface area (Å²) in [5.74, 6) is 1.06. The number of piperidine rings is 1. The second-order valence-corrected chi connectivity index (χ2v) is 9.13. The van der Waals surface area contributed by atoms with Crippen LogP contribution in [0.1, 0.15) is 46.2 Å².